The van der Waals surface area contributed by atoms with Gasteiger partial charge < -0.3 is 15.0 Å². The molecular weight excluding hydrogens is 390 g/mol. The Morgan fingerprint density at radius 2 is 1.84 bits per heavy atom. The van der Waals surface area contributed by atoms with Crippen LogP contribution in [0.5, 0.6) is 11.6 Å². The lowest BCUT2D eigenvalue weighted by Gasteiger charge is -2.21. The largest absolute Gasteiger partial charge is 0.439 e. The van der Waals surface area contributed by atoms with Crippen LogP contribution in [0, 0.1) is 5.92 Å². The normalized spacial score (nSPS) is 13.1. The number of hydrogen-bond donors (Lipinski definition) is 1. The molecule has 1 heterocycles. The molecule has 6 nitrogen and oxygen atoms in total. The molecular formula is C25H27N3O3. The van der Waals surface area contributed by atoms with E-state index in [1.165, 1.54) is 19.8 Å². The summed E-state index contributed by atoms with van der Waals surface area (Å²) in [5.41, 5.74) is 2.89. The van der Waals surface area contributed by atoms with Gasteiger partial charge in [0.1, 0.15) is 5.75 Å². The van der Waals surface area contributed by atoms with Gasteiger partial charge in [0.25, 0.3) is 0 Å². The van der Waals surface area contributed by atoms with Crippen LogP contribution in [0.3, 0.4) is 0 Å². The molecule has 1 aliphatic rings. The third-order valence-corrected chi connectivity index (χ3v) is 5.40. The average Bonchev–Trinajstić information content (AvgIpc) is 3.57. The van der Waals surface area contributed by atoms with Crippen LogP contribution in [-0.4, -0.2) is 29.9 Å². The van der Waals surface area contributed by atoms with Gasteiger partial charge in [-0.05, 0) is 73.2 Å². The molecule has 3 aromatic rings. The van der Waals surface area contributed by atoms with Crippen LogP contribution in [0.4, 0.5) is 5.69 Å². The maximum absolute atomic E-state index is 12.0. The van der Waals surface area contributed by atoms with Crippen molar-refractivity contribution in [3.8, 4) is 11.6 Å². The molecule has 2 aromatic carbocycles. The first-order valence-corrected chi connectivity index (χ1v) is 10.7. The molecule has 0 aliphatic heterocycles. The molecule has 0 atom stereocenters. The first-order valence-electron chi connectivity index (χ1n) is 10.7. The third-order valence-electron chi connectivity index (χ3n) is 5.40. The van der Waals surface area contributed by atoms with Gasteiger partial charge in [-0.25, -0.2) is 4.98 Å². The second-order valence-corrected chi connectivity index (χ2v) is 8.08. The number of ether oxygens (including phenoxy) is 1. The van der Waals surface area contributed by atoms with Gasteiger partial charge in [-0.1, -0.05) is 6.07 Å². The van der Waals surface area contributed by atoms with E-state index < -0.39 is 0 Å². The van der Waals surface area contributed by atoms with Crippen LogP contribution >= 0.6 is 0 Å². The summed E-state index contributed by atoms with van der Waals surface area (Å²) in [6, 6.07) is 17.5. The Balaban J connectivity index is 1.42. The number of amides is 2. The molecule has 0 bridgehead atoms. The summed E-state index contributed by atoms with van der Waals surface area (Å²) in [7, 11) is 0. The number of aromatic nitrogens is 1. The molecule has 0 spiro atoms. The van der Waals surface area contributed by atoms with E-state index in [0.717, 1.165) is 35.1 Å². The van der Waals surface area contributed by atoms with Gasteiger partial charge in [-0.3, -0.25) is 9.59 Å². The summed E-state index contributed by atoms with van der Waals surface area (Å²) in [6.07, 6.45) is 3.18. The molecule has 31 heavy (non-hydrogen) atoms. The molecule has 0 unspecified atom stereocenters. The molecule has 1 fully saturated rings. The summed E-state index contributed by atoms with van der Waals surface area (Å²) in [5.74, 6) is 1.88. The van der Waals surface area contributed by atoms with Gasteiger partial charge in [0.05, 0.1) is 5.52 Å². The van der Waals surface area contributed by atoms with Crippen molar-refractivity contribution in [2.45, 2.75) is 33.1 Å². The number of nitrogens with one attached hydrogen (secondary N) is 1. The number of carbonyl (C=O) groups excluding carboxylic acids is 2. The Labute approximate surface area is 182 Å². The Morgan fingerprint density at radius 3 is 2.52 bits per heavy atom. The van der Waals surface area contributed by atoms with Crippen molar-refractivity contribution in [3.63, 3.8) is 0 Å². The summed E-state index contributed by atoms with van der Waals surface area (Å²) >= 11 is 0. The minimum atomic E-state index is -0.0193. The highest BCUT2D eigenvalue weighted by Crippen LogP contribution is 2.32. The topological polar surface area (TPSA) is 71.5 Å². The van der Waals surface area contributed by atoms with Crippen LogP contribution in [0.2, 0.25) is 0 Å². The van der Waals surface area contributed by atoms with Gasteiger partial charge in [0.15, 0.2) is 0 Å². The van der Waals surface area contributed by atoms with E-state index in [-0.39, 0.29) is 11.8 Å². The number of hydrogen-bond acceptors (Lipinski definition) is 4. The minimum Gasteiger partial charge on any atom is -0.439 e. The second kappa shape index (κ2) is 9.16. The van der Waals surface area contributed by atoms with Crippen molar-refractivity contribution in [1.82, 2.24) is 10.3 Å². The van der Waals surface area contributed by atoms with E-state index in [4.69, 9.17) is 4.74 Å². The van der Waals surface area contributed by atoms with Crippen molar-refractivity contribution in [2.75, 3.05) is 18.0 Å². The average molecular weight is 418 g/mol. The molecule has 2 amide bonds. The quantitative estimate of drug-likeness (QED) is 0.587. The van der Waals surface area contributed by atoms with E-state index in [1.807, 2.05) is 53.4 Å². The summed E-state index contributed by atoms with van der Waals surface area (Å²) in [4.78, 5) is 29.4. The number of rotatable bonds is 8. The molecule has 1 aromatic heterocycles. The van der Waals surface area contributed by atoms with Crippen molar-refractivity contribution >= 4 is 28.4 Å². The van der Waals surface area contributed by atoms with Crippen molar-refractivity contribution in [1.29, 1.82) is 0 Å². The minimum absolute atomic E-state index is 0.0193. The predicted molar refractivity (Wildman–Crippen MR) is 121 cm³/mol. The maximum Gasteiger partial charge on any atom is 0.223 e. The zero-order valence-corrected chi connectivity index (χ0v) is 17.9. The number of pyridine rings is 1. The standard InChI is InChI=1S/C25H27N3O3/c1-17(29)26-14-13-19-5-11-24-21(15-19)6-12-25(27-24)31-23-9-7-22(8-10-23)28(18(2)30)16-20-3-4-20/h5-12,15,20H,3-4,13-14,16H2,1-2H3,(H,26,29). The number of anilines is 1. The second-order valence-electron chi connectivity index (χ2n) is 8.08. The Hall–Kier alpha value is -3.41. The fraction of sp³-hybridized carbons (Fsp3) is 0.320. The molecule has 160 valence electrons. The fourth-order valence-electron chi connectivity index (χ4n) is 3.54. The van der Waals surface area contributed by atoms with Crippen LogP contribution in [0.15, 0.2) is 54.6 Å². The summed E-state index contributed by atoms with van der Waals surface area (Å²) in [6.45, 7) is 4.53. The lowest BCUT2D eigenvalue weighted by molar-refractivity contribution is -0.119. The van der Waals surface area contributed by atoms with Gasteiger partial charge in [0, 0.05) is 44.1 Å². The fourth-order valence-corrected chi connectivity index (χ4v) is 3.54. The van der Waals surface area contributed by atoms with Crippen molar-refractivity contribution < 1.29 is 14.3 Å². The molecule has 1 saturated carbocycles. The third kappa shape index (κ3) is 5.60. The van der Waals surface area contributed by atoms with E-state index in [2.05, 4.69) is 16.4 Å². The lowest BCUT2D eigenvalue weighted by atomic mass is 10.1. The molecule has 1 N–H and O–H groups in total. The zero-order valence-electron chi connectivity index (χ0n) is 17.9. The highest BCUT2D eigenvalue weighted by atomic mass is 16.5. The van der Waals surface area contributed by atoms with Crippen molar-refractivity contribution in [3.05, 3.63) is 60.2 Å². The SMILES string of the molecule is CC(=O)NCCc1ccc2nc(Oc3ccc(N(CC4CC4)C(C)=O)cc3)ccc2c1. The summed E-state index contributed by atoms with van der Waals surface area (Å²) < 4.78 is 5.93. The zero-order chi connectivity index (χ0) is 21.8. The Bertz CT molecular complexity index is 1090. The van der Waals surface area contributed by atoms with Crippen LogP contribution in [-0.2, 0) is 16.0 Å². The van der Waals surface area contributed by atoms with Crippen LogP contribution < -0.4 is 15.0 Å². The Morgan fingerprint density at radius 1 is 1.06 bits per heavy atom. The smallest absolute Gasteiger partial charge is 0.223 e. The monoisotopic (exact) mass is 417 g/mol. The van der Waals surface area contributed by atoms with E-state index >= 15 is 0 Å². The predicted octanol–water partition coefficient (Wildman–Crippen LogP) is 4.47. The number of benzene rings is 2. The molecule has 6 heteroatoms. The summed E-state index contributed by atoms with van der Waals surface area (Å²) in [5, 5.41) is 3.84. The van der Waals surface area contributed by atoms with Gasteiger partial charge in [-0.15, -0.1) is 0 Å². The molecule has 1 aliphatic carbocycles. The lowest BCUT2D eigenvalue weighted by Crippen LogP contribution is -2.30. The molecule has 0 radical (unpaired) electrons. The van der Waals surface area contributed by atoms with Gasteiger partial charge in [0.2, 0.25) is 17.7 Å². The van der Waals surface area contributed by atoms with E-state index in [1.54, 1.807) is 6.92 Å². The number of nitrogens with zero attached hydrogens (tertiary/aromatic N) is 2. The maximum atomic E-state index is 12.0. The first-order chi connectivity index (χ1) is 15.0. The van der Waals surface area contributed by atoms with Gasteiger partial charge >= 0.3 is 0 Å². The molecule has 4 rings (SSSR count). The van der Waals surface area contributed by atoms with Gasteiger partial charge in [-0.2, -0.15) is 0 Å². The van der Waals surface area contributed by atoms with Crippen LogP contribution in [0.25, 0.3) is 10.9 Å². The number of carbonyl (C=O) groups is 2. The number of fused-ring (bicyclic) bond motifs is 1. The Kier molecular flexibility index (Phi) is 6.16. The van der Waals surface area contributed by atoms with Crippen molar-refractivity contribution in [2.24, 2.45) is 5.92 Å². The van der Waals surface area contributed by atoms with Crippen LogP contribution in [0.1, 0.15) is 32.3 Å². The van der Waals surface area contributed by atoms with E-state index in [0.29, 0.717) is 24.1 Å². The first kappa shape index (κ1) is 20.8. The molecule has 0 saturated heterocycles. The van der Waals surface area contributed by atoms with E-state index in [9.17, 15) is 9.59 Å². The highest BCUT2D eigenvalue weighted by Gasteiger charge is 2.26. The highest BCUT2D eigenvalue weighted by molar-refractivity contribution is 5.91.